The lowest BCUT2D eigenvalue weighted by Crippen LogP contribution is -1.96. The number of benzene rings is 2. The third-order valence-electron chi connectivity index (χ3n) is 2.59. The van der Waals surface area contributed by atoms with Crippen LogP contribution >= 0.6 is 11.6 Å². The highest BCUT2D eigenvalue weighted by Gasteiger charge is 2.02. The highest BCUT2D eigenvalue weighted by Crippen LogP contribution is 2.21. The summed E-state index contributed by atoms with van der Waals surface area (Å²) in [6, 6.07) is 12.0. The fraction of sp³-hybridized carbons (Fsp3) is 0.125. The first-order valence-corrected chi connectivity index (χ1v) is 6.42. The maximum absolute atomic E-state index is 13.2. The maximum atomic E-state index is 13.2. The van der Waals surface area contributed by atoms with Crippen molar-refractivity contribution in [2.75, 3.05) is 6.54 Å². The quantitative estimate of drug-likeness (QED) is 0.879. The molecule has 2 N–H and O–H groups in total. The van der Waals surface area contributed by atoms with Crippen molar-refractivity contribution < 1.29 is 9.13 Å². The van der Waals surface area contributed by atoms with Crippen LogP contribution in [-0.2, 0) is 6.61 Å². The van der Waals surface area contributed by atoms with Gasteiger partial charge >= 0.3 is 0 Å². The predicted octanol–water partition coefficient (Wildman–Crippen LogP) is 3.37. The zero-order valence-electron chi connectivity index (χ0n) is 10.7. The van der Waals surface area contributed by atoms with Crippen LogP contribution in [0, 0.1) is 17.7 Å². The first-order chi connectivity index (χ1) is 9.69. The molecule has 0 bridgehead atoms. The molecule has 0 aromatic heterocycles. The largest absolute Gasteiger partial charge is 0.489 e. The molecule has 2 rings (SSSR count). The van der Waals surface area contributed by atoms with Gasteiger partial charge in [-0.25, -0.2) is 4.39 Å². The molecule has 0 aliphatic carbocycles. The van der Waals surface area contributed by atoms with E-state index in [2.05, 4.69) is 11.8 Å². The van der Waals surface area contributed by atoms with Crippen LogP contribution in [0.1, 0.15) is 11.1 Å². The Labute approximate surface area is 122 Å². The van der Waals surface area contributed by atoms with Crippen molar-refractivity contribution in [3.05, 3.63) is 64.4 Å². The van der Waals surface area contributed by atoms with Gasteiger partial charge in [0, 0.05) is 11.6 Å². The van der Waals surface area contributed by atoms with Gasteiger partial charge in [-0.1, -0.05) is 35.6 Å². The molecule has 2 aromatic rings. The summed E-state index contributed by atoms with van der Waals surface area (Å²) in [6.45, 7) is 0.693. The minimum Gasteiger partial charge on any atom is -0.489 e. The fourth-order valence-electron chi connectivity index (χ4n) is 1.57. The van der Waals surface area contributed by atoms with Crippen molar-refractivity contribution in [2.24, 2.45) is 5.73 Å². The van der Waals surface area contributed by atoms with E-state index in [1.54, 1.807) is 6.07 Å². The van der Waals surface area contributed by atoms with Gasteiger partial charge in [0.15, 0.2) is 0 Å². The zero-order chi connectivity index (χ0) is 14.4. The summed E-state index contributed by atoms with van der Waals surface area (Å²) in [6.07, 6.45) is 0. The number of rotatable bonds is 3. The lowest BCUT2D eigenvalue weighted by atomic mass is 10.1. The molecule has 4 heteroatoms. The van der Waals surface area contributed by atoms with Crippen LogP contribution < -0.4 is 10.5 Å². The van der Waals surface area contributed by atoms with Gasteiger partial charge in [-0.3, -0.25) is 0 Å². The summed E-state index contributed by atoms with van der Waals surface area (Å²) in [5.74, 6) is 5.68. The lowest BCUT2D eigenvalue weighted by Gasteiger charge is -2.07. The van der Waals surface area contributed by atoms with Gasteiger partial charge in [0.2, 0.25) is 0 Å². The standard InChI is InChI=1S/C16H13ClFNO/c17-15-8-7-14(10-16(15)18)20-11-13-5-3-12(4-6-13)2-1-9-19/h3-8,10H,9,11,19H2. The van der Waals surface area contributed by atoms with E-state index in [1.165, 1.54) is 12.1 Å². The Balaban J connectivity index is 1.98. The molecule has 0 aliphatic rings. The number of nitrogens with two attached hydrogens (primary N) is 1. The van der Waals surface area contributed by atoms with E-state index in [0.29, 0.717) is 18.9 Å². The third-order valence-corrected chi connectivity index (χ3v) is 2.89. The van der Waals surface area contributed by atoms with Gasteiger partial charge in [-0.15, -0.1) is 0 Å². The first kappa shape index (κ1) is 14.4. The summed E-state index contributed by atoms with van der Waals surface area (Å²) in [5, 5.41) is 0.0835. The third kappa shape index (κ3) is 3.99. The summed E-state index contributed by atoms with van der Waals surface area (Å²) in [7, 11) is 0. The average molecular weight is 290 g/mol. The van der Waals surface area contributed by atoms with Gasteiger partial charge in [0.25, 0.3) is 0 Å². The monoisotopic (exact) mass is 289 g/mol. The summed E-state index contributed by atoms with van der Waals surface area (Å²) >= 11 is 5.60. The highest BCUT2D eigenvalue weighted by molar-refractivity contribution is 6.30. The molecular weight excluding hydrogens is 277 g/mol. The van der Waals surface area contributed by atoms with E-state index in [-0.39, 0.29) is 5.02 Å². The molecule has 102 valence electrons. The number of halogens is 2. The molecule has 2 nitrogen and oxygen atoms in total. The molecule has 0 spiro atoms. The van der Waals surface area contributed by atoms with Crippen LogP contribution in [-0.4, -0.2) is 6.54 Å². The van der Waals surface area contributed by atoms with Crippen LogP contribution in [0.5, 0.6) is 5.75 Å². The molecule has 0 unspecified atom stereocenters. The summed E-state index contributed by atoms with van der Waals surface area (Å²) in [4.78, 5) is 0. The smallest absolute Gasteiger partial charge is 0.145 e. The summed E-state index contributed by atoms with van der Waals surface area (Å²) in [5.41, 5.74) is 7.18. The molecule has 20 heavy (non-hydrogen) atoms. The Bertz CT molecular complexity index is 644. The van der Waals surface area contributed by atoms with Gasteiger partial charge in [-0.2, -0.15) is 0 Å². The molecule has 0 radical (unpaired) electrons. The molecule has 0 aliphatic heterocycles. The number of hydrogen-bond donors (Lipinski definition) is 1. The molecule has 0 saturated heterocycles. The molecule has 0 fully saturated rings. The van der Waals surface area contributed by atoms with E-state index < -0.39 is 5.82 Å². The molecule has 0 amide bonds. The van der Waals surface area contributed by atoms with E-state index >= 15 is 0 Å². The van der Waals surface area contributed by atoms with Crippen molar-refractivity contribution in [3.8, 4) is 17.6 Å². The first-order valence-electron chi connectivity index (χ1n) is 6.05. The lowest BCUT2D eigenvalue weighted by molar-refractivity contribution is 0.304. The predicted molar refractivity (Wildman–Crippen MR) is 78.1 cm³/mol. The Morgan fingerprint density at radius 1 is 1.15 bits per heavy atom. The maximum Gasteiger partial charge on any atom is 0.145 e. The normalized spacial score (nSPS) is 9.75. The van der Waals surface area contributed by atoms with Crippen LogP contribution in [0.2, 0.25) is 5.02 Å². The SMILES string of the molecule is NCC#Cc1ccc(COc2ccc(Cl)c(F)c2)cc1. The van der Waals surface area contributed by atoms with Gasteiger partial charge in [-0.05, 0) is 29.8 Å². The van der Waals surface area contributed by atoms with Crippen molar-refractivity contribution in [2.45, 2.75) is 6.61 Å². The topological polar surface area (TPSA) is 35.2 Å². The number of hydrogen-bond acceptors (Lipinski definition) is 2. The van der Waals surface area contributed by atoms with Crippen LogP contribution in [0.4, 0.5) is 4.39 Å². The molecular formula is C16H13ClFNO. The van der Waals surface area contributed by atoms with Crippen LogP contribution in [0.15, 0.2) is 42.5 Å². The van der Waals surface area contributed by atoms with E-state index in [0.717, 1.165) is 11.1 Å². The summed E-state index contributed by atoms with van der Waals surface area (Å²) < 4.78 is 18.7. The molecule has 2 aromatic carbocycles. The van der Waals surface area contributed by atoms with Gasteiger partial charge in [0.05, 0.1) is 11.6 Å². The molecule has 0 heterocycles. The second-order valence-corrected chi connectivity index (χ2v) is 4.47. The van der Waals surface area contributed by atoms with Crippen LogP contribution in [0.25, 0.3) is 0 Å². The van der Waals surface area contributed by atoms with Crippen molar-refractivity contribution in [3.63, 3.8) is 0 Å². The fourth-order valence-corrected chi connectivity index (χ4v) is 1.69. The van der Waals surface area contributed by atoms with Crippen molar-refractivity contribution in [1.82, 2.24) is 0 Å². The van der Waals surface area contributed by atoms with Gasteiger partial charge < -0.3 is 10.5 Å². The van der Waals surface area contributed by atoms with Crippen LogP contribution in [0.3, 0.4) is 0 Å². The van der Waals surface area contributed by atoms with E-state index in [9.17, 15) is 4.39 Å². The Kier molecular flexibility index (Phi) is 5.00. The van der Waals surface area contributed by atoms with Crippen molar-refractivity contribution >= 4 is 11.6 Å². The van der Waals surface area contributed by atoms with Gasteiger partial charge in [0.1, 0.15) is 18.2 Å². The Morgan fingerprint density at radius 3 is 2.55 bits per heavy atom. The minimum atomic E-state index is -0.489. The Hall–Kier alpha value is -2.02. The van der Waals surface area contributed by atoms with Crippen molar-refractivity contribution in [1.29, 1.82) is 0 Å². The molecule has 0 saturated carbocycles. The zero-order valence-corrected chi connectivity index (χ0v) is 11.5. The highest BCUT2D eigenvalue weighted by atomic mass is 35.5. The van der Waals surface area contributed by atoms with E-state index in [1.807, 2.05) is 24.3 Å². The second kappa shape index (κ2) is 6.95. The molecule has 0 atom stereocenters. The number of ether oxygens (including phenoxy) is 1. The average Bonchev–Trinajstić information content (AvgIpc) is 2.47. The minimum absolute atomic E-state index is 0.0835. The Morgan fingerprint density at radius 2 is 1.90 bits per heavy atom. The second-order valence-electron chi connectivity index (χ2n) is 4.07. The van der Waals surface area contributed by atoms with E-state index in [4.69, 9.17) is 22.1 Å².